The Balaban J connectivity index is 2.25. The molecule has 0 aliphatic carbocycles. The Bertz CT molecular complexity index is 514. The van der Waals surface area contributed by atoms with Gasteiger partial charge >= 0.3 is 17.9 Å². The van der Waals surface area contributed by atoms with Crippen molar-refractivity contribution in [2.75, 3.05) is 6.61 Å². The normalized spacial score (nSPS) is 32.1. The van der Waals surface area contributed by atoms with Gasteiger partial charge in [0.1, 0.15) is 12.7 Å². The predicted octanol–water partition coefficient (Wildman–Crippen LogP) is 0.0244. The number of fused-ring (bicyclic) bond motifs is 1. The second-order valence-electron chi connectivity index (χ2n) is 5.07. The third kappa shape index (κ3) is 4.13. The molecule has 2 heterocycles. The maximum absolute atomic E-state index is 11.4. The molecule has 128 valence electrons. The molecule has 0 aromatic carbocycles. The highest BCUT2D eigenvalue weighted by molar-refractivity contribution is 5.67. The summed E-state index contributed by atoms with van der Waals surface area (Å²) in [5.74, 6) is -1.75. The van der Waals surface area contributed by atoms with Crippen LogP contribution in [-0.2, 0) is 42.8 Å². The van der Waals surface area contributed by atoms with Crippen LogP contribution in [0.3, 0.4) is 0 Å². The lowest BCUT2D eigenvalue weighted by Gasteiger charge is -2.40. The Morgan fingerprint density at radius 1 is 1.00 bits per heavy atom. The number of rotatable bonds is 4. The van der Waals surface area contributed by atoms with E-state index in [1.807, 2.05) is 0 Å². The fourth-order valence-corrected chi connectivity index (χ4v) is 2.40. The van der Waals surface area contributed by atoms with Crippen molar-refractivity contribution in [2.45, 2.75) is 51.5 Å². The molecular formula is C14H18O9. The molecule has 0 N–H and O–H groups in total. The first kappa shape index (κ1) is 17.1. The molecule has 2 saturated heterocycles. The molecule has 0 spiro atoms. The Hall–Kier alpha value is -2.29. The van der Waals surface area contributed by atoms with E-state index in [0.717, 1.165) is 0 Å². The van der Waals surface area contributed by atoms with Crippen molar-refractivity contribution in [1.82, 2.24) is 0 Å². The summed E-state index contributed by atoms with van der Waals surface area (Å²) in [5, 5.41) is 0. The minimum absolute atomic E-state index is 0.00753. The maximum atomic E-state index is 11.4. The van der Waals surface area contributed by atoms with E-state index in [2.05, 4.69) is 6.58 Å². The van der Waals surface area contributed by atoms with Crippen molar-refractivity contribution in [3.63, 3.8) is 0 Å². The summed E-state index contributed by atoms with van der Waals surface area (Å²) >= 11 is 0. The quantitative estimate of drug-likeness (QED) is 0.521. The average molecular weight is 330 g/mol. The first-order valence-corrected chi connectivity index (χ1v) is 6.93. The minimum atomic E-state index is -1.02. The smallest absolute Gasteiger partial charge is 0.303 e. The van der Waals surface area contributed by atoms with Crippen LogP contribution in [0, 0.1) is 0 Å². The summed E-state index contributed by atoms with van der Waals surface area (Å²) in [5.41, 5.74) is 0. The van der Waals surface area contributed by atoms with E-state index >= 15 is 0 Å². The van der Waals surface area contributed by atoms with Gasteiger partial charge in [0, 0.05) is 20.8 Å². The summed E-state index contributed by atoms with van der Waals surface area (Å²) in [4.78, 5) is 33.8. The molecule has 9 nitrogen and oxygen atoms in total. The van der Waals surface area contributed by atoms with Crippen LogP contribution >= 0.6 is 0 Å². The van der Waals surface area contributed by atoms with Gasteiger partial charge in [-0.25, -0.2) is 0 Å². The van der Waals surface area contributed by atoms with E-state index in [9.17, 15) is 14.4 Å². The molecule has 0 saturated carbocycles. The molecule has 0 bridgehead atoms. The van der Waals surface area contributed by atoms with E-state index in [1.165, 1.54) is 20.8 Å². The summed E-state index contributed by atoms with van der Waals surface area (Å²) in [6, 6.07) is 0. The highest BCUT2D eigenvalue weighted by Gasteiger charge is 2.55. The monoisotopic (exact) mass is 330 g/mol. The number of ether oxygens (including phenoxy) is 6. The molecule has 2 fully saturated rings. The van der Waals surface area contributed by atoms with Crippen molar-refractivity contribution >= 4 is 17.9 Å². The average Bonchev–Trinajstić information content (AvgIpc) is 2.78. The Labute approximate surface area is 132 Å². The van der Waals surface area contributed by atoms with Gasteiger partial charge in [0.05, 0.1) is 0 Å². The fraction of sp³-hybridized carbons (Fsp3) is 0.643. The van der Waals surface area contributed by atoms with Crippen LogP contribution < -0.4 is 0 Å². The van der Waals surface area contributed by atoms with Crippen LogP contribution in [0.15, 0.2) is 12.5 Å². The number of esters is 3. The fourth-order valence-electron chi connectivity index (χ4n) is 2.40. The topological polar surface area (TPSA) is 107 Å². The van der Waals surface area contributed by atoms with Crippen molar-refractivity contribution in [2.24, 2.45) is 0 Å². The summed E-state index contributed by atoms with van der Waals surface area (Å²) in [7, 11) is 0. The van der Waals surface area contributed by atoms with Gasteiger partial charge in [0.2, 0.25) is 12.4 Å². The van der Waals surface area contributed by atoms with Crippen molar-refractivity contribution < 1.29 is 42.8 Å². The van der Waals surface area contributed by atoms with Gasteiger partial charge in [-0.1, -0.05) is 0 Å². The molecule has 2 rings (SSSR count). The van der Waals surface area contributed by atoms with Gasteiger partial charge in [-0.15, -0.1) is 0 Å². The lowest BCUT2D eigenvalue weighted by molar-refractivity contribution is -0.262. The maximum Gasteiger partial charge on any atom is 0.303 e. The molecule has 2 aliphatic heterocycles. The van der Waals surface area contributed by atoms with Crippen LogP contribution in [-0.4, -0.2) is 55.2 Å². The third-order valence-electron chi connectivity index (χ3n) is 3.16. The van der Waals surface area contributed by atoms with Crippen LogP contribution in [0.2, 0.25) is 0 Å². The van der Waals surface area contributed by atoms with E-state index < -0.39 is 48.6 Å². The first-order valence-electron chi connectivity index (χ1n) is 6.93. The zero-order valence-corrected chi connectivity index (χ0v) is 13.0. The summed E-state index contributed by atoms with van der Waals surface area (Å²) in [6.45, 7) is 6.95. The summed E-state index contributed by atoms with van der Waals surface area (Å²) in [6.07, 6.45) is -4.66. The Morgan fingerprint density at radius 3 is 2.17 bits per heavy atom. The largest absolute Gasteiger partial charge is 0.463 e. The molecule has 0 aromatic rings. The standard InChI is InChI=1S/C14H18O9/c1-6(15)18-5-10-11(19-7(2)16)12(20-8(3)17)13-14(23-10)22-9(4)21-13/h10-14H,4-5H2,1-3H3/t10-,11-,12+,13+,14-/m1/s1. The molecule has 0 unspecified atom stereocenters. The molecule has 2 aliphatic rings. The molecule has 5 atom stereocenters. The van der Waals surface area contributed by atoms with Crippen LogP contribution in [0.25, 0.3) is 0 Å². The van der Waals surface area contributed by atoms with Gasteiger partial charge in [-0.2, -0.15) is 0 Å². The molecule has 23 heavy (non-hydrogen) atoms. The number of hydrogen-bond acceptors (Lipinski definition) is 9. The zero-order valence-electron chi connectivity index (χ0n) is 13.0. The zero-order chi connectivity index (χ0) is 17.1. The SMILES string of the molecule is C=C1O[C@@H]2O[C@H](COC(C)=O)[C@@H](OC(C)=O)[C@H](OC(C)=O)[C@@H]2O1. The lowest BCUT2D eigenvalue weighted by atomic mass is 9.98. The highest BCUT2D eigenvalue weighted by atomic mass is 16.8. The Kier molecular flexibility index (Phi) is 5.09. The first-order chi connectivity index (χ1) is 10.8. The van der Waals surface area contributed by atoms with E-state index in [-0.39, 0.29) is 12.6 Å². The number of carbonyl (C=O) groups excluding carboxylic acids is 3. The van der Waals surface area contributed by atoms with Crippen LogP contribution in [0.5, 0.6) is 0 Å². The molecule has 0 amide bonds. The van der Waals surface area contributed by atoms with Crippen LogP contribution in [0.4, 0.5) is 0 Å². The van der Waals surface area contributed by atoms with Gasteiger partial charge in [-0.3, -0.25) is 14.4 Å². The van der Waals surface area contributed by atoms with Crippen molar-refractivity contribution in [3.8, 4) is 0 Å². The third-order valence-corrected chi connectivity index (χ3v) is 3.16. The van der Waals surface area contributed by atoms with Gasteiger partial charge < -0.3 is 28.4 Å². The number of hydrogen-bond donors (Lipinski definition) is 0. The number of carbonyl (C=O) groups is 3. The highest BCUT2D eigenvalue weighted by Crippen LogP contribution is 2.35. The lowest BCUT2D eigenvalue weighted by Crippen LogP contribution is -2.60. The van der Waals surface area contributed by atoms with E-state index in [1.54, 1.807) is 0 Å². The van der Waals surface area contributed by atoms with Gasteiger partial charge in [0.25, 0.3) is 5.95 Å². The van der Waals surface area contributed by atoms with Gasteiger partial charge in [-0.05, 0) is 6.58 Å². The molecule has 0 aromatic heterocycles. The van der Waals surface area contributed by atoms with Crippen LogP contribution in [0.1, 0.15) is 20.8 Å². The summed E-state index contributed by atoms with van der Waals surface area (Å²) < 4.78 is 31.5. The van der Waals surface area contributed by atoms with Crippen molar-refractivity contribution in [3.05, 3.63) is 12.5 Å². The second kappa shape index (κ2) is 6.86. The van der Waals surface area contributed by atoms with Crippen molar-refractivity contribution in [1.29, 1.82) is 0 Å². The molecular weight excluding hydrogens is 312 g/mol. The van der Waals surface area contributed by atoms with E-state index in [4.69, 9.17) is 28.4 Å². The van der Waals surface area contributed by atoms with Gasteiger partial charge in [0.15, 0.2) is 12.2 Å². The Morgan fingerprint density at radius 2 is 1.61 bits per heavy atom. The van der Waals surface area contributed by atoms with E-state index in [0.29, 0.717) is 0 Å². The predicted molar refractivity (Wildman–Crippen MR) is 71.5 cm³/mol. The minimum Gasteiger partial charge on any atom is -0.463 e. The molecule has 9 heteroatoms. The second-order valence-corrected chi connectivity index (χ2v) is 5.07. The molecule has 0 radical (unpaired) electrons.